The Morgan fingerprint density at radius 3 is 2.90 bits per heavy atom. The van der Waals surface area contributed by atoms with E-state index < -0.39 is 0 Å². The zero-order valence-corrected chi connectivity index (χ0v) is 20.4. The van der Waals surface area contributed by atoms with Crippen molar-refractivity contribution in [3.63, 3.8) is 0 Å². The molecular weight excluding hydrogens is 453 g/mol. The van der Waals surface area contributed by atoms with Crippen LogP contribution in [0.1, 0.15) is 48.4 Å². The highest BCUT2D eigenvalue weighted by molar-refractivity contribution is 7.99. The lowest BCUT2D eigenvalue weighted by molar-refractivity contribution is 0.549. The monoisotopic (exact) mass is 481 g/mol. The number of hydrogen-bond donors (Lipinski definition) is 1. The summed E-state index contributed by atoms with van der Waals surface area (Å²) < 4.78 is 15.6. The molecule has 3 aromatic rings. The highest BCUT2D eigenvalue weighted by atomic mass is 35.5. The predicted octanol–water partition coefficient (Wildman–Crippen LogP) is 5.39. The van der Waals surface area contributed by atoms with Gasteiger partial charge in [-0.2, -0.15) is 0 Å². The molecule has 0 radical (unpaired) electrons. The number of benzene rings is 1. The van der Waals surface area contributed by atoms with Crippen LogP contribution in [0.2, 0.25) is 0 Å². The SMILES string of the molecule is Cc1ncsc1-c1nnc(SCCCNCCCC2CCc3ccc(F)cc32)n1C.Cl. The molecule has 168 valence electrons. The average Bonchev–Trinajstić information content (AvgIpc) is 3.43. The molecule has 1 unspecified atom stereocenters. The number of thioether (sulfide) groups is 1. The van der Waals surface area contributed by atoms with E-state index in [1.165, 1.54) is 11.1 Å². The standard InChI is InChI=1S/C22H28FN5S2.ClH/c1-15-20(30-14-25-15)21-26-27-22(28(21)2)29-12-4-11-24-10-3-5-16-6-7-17-8-9-18(23)13-19(16)17;/h8-9,13-14,16,24H,3-7,10-12H2,1-2H3;1H. The number of halogens is 2. The van der Waals surface area contributed by atoms with Gasteiger partial charge in [-0.05, 0) is 81.3 Å². The van der Waals surface area contributed by atoms with E-state index in [4.69, 9.17) is 0 Å². The zero-order chi connectivity index (χ0) is 20.9. The van der Waals surface area contributed by atoms with Gasteiger partial charge in [0.2, 0.25) is 0 Å². The predicted molar refractivity (Wildman–Crippen MR) is 129 cm³/mol. The molecule has 0 saturated carbocycles. The first-order valence-electron chi connectivity index (χ1n) is 10.5. The molecule has 4 rings (SSSR count). The Kier molecular flexibility index (Phi) is 8.89. The molecule has 1 aromatic carbocycles. The van der Waals surface area contributed by atoms with Crippen molar-refractivity contribution in [2.75, 3.05) is 18.8 Å². The largest absolute Gasteiger partial charge is 0.317 e. The van der Waals surface area contributed by atoms with Crippen LogP contribution in [0.15, 0.2) is 28.9 Å². The molecular formula is C22H29ClFN5S2. The maximum absolute atomic E-state index is 13.5. The number of nitrogens with one attached hydrogen (secondary N) is 1. The summed E-state index contributed by atoms with van der Waals surface area (Å²) >= 11 is 3.35. The minimum atomic E-state index is -0.103. The van der Waals surface area contributed by atoms with Crippen LogP contribution in [0, 0.1) is 12.7 Å². The van der Waals surface area contributed by atoms with Gasteiger partial charge in [-0.15, -0.1) is 33.9 Å². The van der Waals surface area contributed by atoms with Gasteiger partial charge in [-0.1, -0.05) is 17.8 Å². The first-order chi connectivity index (χ1) is 14.6. The fourth-order valence-electron chi connectivity index (χ4n) is 4.07. The van der Waals surface area contributed by atoms with Crippen molar-refractivity contribution in [2.24, 2.45) is 7.05 Å². The quantitative estimate of drug-likeness (QED) is 0.311. The van der Waals surface area contributed by atoms with Gasteiger partial charge in [-0.3, -0.25) is 0 Å². The molecule has 2 aromatic heterocycles. The summed E-state index contributed by atoms with van der Waals surface area (Å²) in [5.41, 5.74) is 5.43. The van der Waals surface area contributed by atoms with Crippen molar-refractivity contribution < 1.29 is 4.39 Å². The maximum atomic E-state index is 13.5. The molecule has 1 aliphatic carbocycles. The molecule has 2 heterocycles. The Morgan fingerprint density at radius 1 is 1.26 bits per heavy atom. The van der Waals surface area contributed by atoms with E-state index in [1.807, 2.05) is 25.5 Å². The maximum Gasteiger partial charge on any atom is 0.191 e. The van der Waals surface area contributed by atoms with Crippen LogP contribution in [0.3, 0.4) is 0 Å². The fraction of sp³-hybridized carbons (Fsp3) is 0.500. The van der Waals surface area contributed by atoms with E-state index in [1.54, 1.807) is 35.2 Å². The topological polar surface area (TPSA) is 55.6 Å². The molecule has 1 N–H and O–H groups in total. The van der Waals surface area contributed by atoms with Crippen molar-refractivity contribution in [3.05, 3.63) is 46.3 Å². The van der Waals surface area contributed by atoms with Gasteiger partial charge in [0, 0.05) is 12.8 Å². The molecule has 0 bridgehead atoms. The van der Waals surface area contributed by atoms with Crippen LogP contribution in [-0.4, -0.2) is 38.6 Å². The lowest BCUT2D eigenvalue weighted by atomic mass is 9.96. The molecule has 0 fully saturated rings. The molecule has 31 heavy (non-hydrogen) atoms. The van der Waals surface area contributed by atoms with Crippen molar-refractivity contribution in [1.29, 1.82) is 0 Å². The summed E-state index contributed by atoms with van der Waals surface area (Å²) in [4.78, 5) is 5.39. The normalized spacial score (nSPS) is 15.1. The van der Waals surface area contributed by atoms with Gasteiger partial charge in [0.05, 0.1) is 16.1 Å². The van der Waals surface area contributed by atoms with E-state index in [2.05, 4.69) is 25.1 Å². The second kappa shape index (κ2) is 11.4. The average molecular weight is 482 g/mol. The van der Waals surface area contributed by atoms with E-state index >= 15 is 0 Å². The van der Waals surface area contributed by atoms with Gasteiger partial charge in [0.15, 0.2) is 11.0 Å². The van der Waals surface area contributed by atoms with Gasteiger partial charge in [0.25, 0.3) is 0 Å². The van der Waals surface area contributed by atoms with Crippen LogP contribution >= 0.6 is 35.5 Å². The van der Waals surface area contributed by atoms with Crippen molar-refractivity contribution in [2.45, 2.75) is 50.1 Å². The number of nitrogens with zero attached hydrogens (tertiary/aromatic N) is 4. The minimum Gasteiger partial charge on any atom is -0.317 e. The summed E-state index contributed by atoms with van der Waals surface area (Å²) in [7, 11) is 2.02. The summed E-state index contributed by atoms with van der Waals surface area (Å²) in [5, 5.41) is 13.2. The minimum absolute atomic E-state index is 0. The Hall–Kier alpha value is -1.48. The fourth-order valence-corrected chi connectivity index (χ4v) is 5.75. The Labute approximate surface area is 197 Å². The first-order valence-corrected chi connectivity index (χ1v) is 12.4. The molecule has 0 aliphatic heterocycles. The van der Waals surface area contributed by atoms with Crippen molar-refractivity contribution >= 4 is 35.5 Å². The third-order valence-electron chi connectivity index (χ3n) is 5.73. The third-order valence-corrected chi connectivity index (χ3v) is 7.76. The van der Waals surface area contributed by atoms with E-state index in [0.717, 1.165) is 72.5 Å². The molecule has 0 amide bonds. The smallest absolute Gasteiger partial charge is 0.191 e. The molecule has 0 spiro atoms. The summed E-state index contributed by atoms with van der Waals surface area (Å²) in [6.45, 7) is 4.02. The molecule has 1 atom stereocenters. The van der Waals surface area contributed by atoms with Crippen LogP contribution in [0.5, 0.6) is 0 Å². The van der Waals surface area contributed by atoms with Crippen LogP contribution in [0.25, 0.3) is 10.7 Å². The second-order valence-corrected chi connectivity index (χ2v) is 9.72. The van der Waals surface area contributed by atoms with Crippen LogP contribution < -0.4 is 5.32 Å². The Bertz CT molecular complexity index is 990. The summed E-state index contributed by atoms with van der Waals surface area (Å²) in [5.74, 6) is 2.33. The molecule has 9 heteroatoms. The van der Waals surface area contributed by atoms with Crippen LogP contribution in [0.4, 0.5) is 4.39 Å². The number of rotatable bonds is 10. The number of hydrogen-bond acceptors (Lipinski definition) is 6. The van der Waals surface area contributed by atoms with Crippen molar-refractivity contribution in [3.8, 4) is 10.7 Å². The highest BCUT2D eigenvalue weighted by Gasteiger charge is 2.22. The highest BCUT2D eigenvalue weighted by Crippen LogP contribution is 2.36. The van der Waals surface area contributed by atoms with Gasteiger partial charge >= 0.3 is 0 Å². The second-order valence-electron chi connectivity index (χ2n) is 7.81. The first kappa shape index (κ1) is 24.2. The van der Waals surface area contributed by atoms with E-state index in [-0.39, 0.29) is 18.2 Å². The van der Waals surface area contributed by atoms with Gasteiger partial charge in [0.1, 0.15) is 5.82 Å². The van der Waals surface area contributed by atoms with Gasteiger partial charge < -0.3 is 9.88 Å². The summed E-state index contributed by atoms with van der Waals surface area (Å²) in [6, 6.07) is 5.29. The van der Waals surface area contributed by atoms with Crippen LogP contribution in [-0.2, 0) is 13.5 Å². The Morgan fingerprint density at radius 2 is 2.10 bits per heavy atom. The lowest BCUT2D eigenvalue weighted by Gasteiger charge is -2.12. The molecule has 1 aliphatic rings. The van der Waals surface area contributed by atoms with Gasteiger partial charge in [-0.25, -0.2) is 9.37 Å². The molecule has 0 saturated heterocycles. The van der Waals surface area contributed by atoms with E-state index in [0.29, 0.717) is 5.92 Å². The van der Waals surface area contributed by atoms with E-state index in [9.17, 15) is 4.39 Å². The zero-order valence-electron chi connectivity index (χ0n) is 17.9. The number of thiazole rings is 1. The third kappa shape index (κ3) is 5.86. The Balaban J connectivity index is 0.00000272. The number of aryl methyl sites for hydroxylation is 2. The summed E-state index contributed by atoms with van der Waals surface area (Å²) in [6.07, 6.45) is 5.61. The number of fused-ring (bicyclic) bond motifs is 1. The van der Waals surface area contributed by atoms with Crippen molar-refractivity contribution in [1.82, 2.24) is 25.1 Å². The molecule has 5 nitrogen and oxygen atoms in total. The lowest BCUT2D eigenvalue weighted by Crippen LogP contribution is -2.17. The number of aromatic nitrogens is 4.